The van der Waals surface area contributed by atoms with Crippen molar-refractivity contribution in [3.63, 3.8) is 0 Å². The number of aryl methyl sites for hydroxylation is 2. The number of fused-ring (bicyclic) bond motifs is 10. The number of hydrogen-bond acceptors (Lipinski definition) is 1. The van der Waals surface area contributed by atoms with Gasteiger partial charge in [-0.05, 0) is 157 Å². The molecule has 0 saturated heterocycles. The van der Waals surface area contributed by atoms with Gasteiger partial charge in [0.2, 0.25) is 0 Å². The smallest absolute Gasteiger partial charge is 0.0708 e. The van der Waals surface area contributed by atoms with E-state index in [1.165, 1.54) is 112 Å². The van der Waals surface area contributed by atoms with Crippen LogP contribution in [0.15, 0.2) is 18.2 Å². The Labute approximate surface area is 252 Å². The zero-order chi connectivity index (χ0) is 29.0. The van der Waals surface area contributed by atoms with E-state index in [-0.39, 0.29) is 0 Å². The second kappa shape index (κ2) is 9.32. The largest absolute Gasteiger partial charge is 0.253 e. The molecule has 0 radical (unpaired) electrons. The molecule has 7 rings (SSSR count). The molecule has 224 valence electrons. The molecule has 1 aromatic carbocycles. The van der Waals surface area contributed by atoms with Crippen LogP contribution >= 0.6 is 0 Å². The normalized spacial score (nSPS) is 42.6. The van der Waals surface area contributed by atoms with E-state index in [0.29, 0.717) is 33.0 Å². The lowest BCUT2D eigenvalue weighted by Crippen LogP contribution is -2.65. The van der Waals surface area contributed by atoms with Crippen LogP contribution in [-0.4, -0.2) is 4.98 Å². The third kappa shape index (κ3) is 3.75. The molecule has 1 nitrogen and oxygen atoms in total. The molecule has 1 heteroatoms. The van der Waals surface area contributed by atoms with E-state index in [9.17, 15) is 0 Å². The lowest BCUT2D eigenvalue weighted by molar-refractivity contribution is -0.235. The van der Waals surface area contributed by atoms with Crippen molar-refractivity contribution in [2.45, 2.75) is 151 Å². The quantitative estimate of drug-likeness (QED) is 0.343. The number of unbranched alkanes of at least 4 members (excludes halogenated alkanes) is 2. The SMILES string of the molecule is CCCCCc1ccc2nc3c(c(C)c2c1)C1CC[C@]2(C)C(CCC4[C@@]5(C)CCCC(C)(C)C5CC[C@]42C)[C@@]1(C)C3. The first-order chi connectivity index (χ1) is 19.4. The van der Waals surface area contributed by atoms with Gasteiger partial charge >= 0.3 is 0 Å². The Morgan fingerprint density at radius 1 is 0.780 bits per heavy atom. The standard InChI is InChI=1S/C40H59N/c1-9-10-11-13-27-14-15-30-28(24-27)26(2)35-29-18-22-39(7)34(38(29,6)25-31(35)41-30)17-16-33-37(5)21-12-20-36(3,4)32(37)19-23-40(33,39)8/h14-15,24,29,32-34H,9-13,16-23,25H2,1-8H3/t29?,32?,33?,34?,37-,38-,39+,40+/m0/s1. The summed E-state index contributed by atoms with van der Waals surface area (Å²) < 4.78 is 0. The Morgan fingerprint density at radius 2 is 1.49 bits per heavy atom. The van der Waals surface area contributed by atoms with Crippen LogP contribution in [-0.2, 0) is 12.8 Å². The van der Waals surface area contributed by atoms with Gasteiger partial charge in [0.05, 0.1) is 5.52 Å². The third-order valence-corrected chi connectivity index (χ3v) is 15.6. The fourth-order valence-corrected chi connectivity index (χ4v) is 13.5. The average molecular weight is 554 g/mol. The van der Waals surface area contributed by atoms with Gasteiger partial charge in [0.1, 0.15) is 0 Å². The monoisotopic (exact) mass is 553 g/mol. The highest BCUT2D eigenvalue weighted by molar-refractivity contribution is 5.85. The van der Waals surface area contributed by atoms with Crippen molar-refractivity contribution in [1.29, 1.82) is 0 Å². The van der Waals surface area contributed by atoms with Crippen molar-refractivity contribution < 1.29 is 0 Å². The molecule has 0 amide bonds. The molecule has 4 fully saturated rings. The van der Waals surface area contributed by atoms with Crippen LogP contribution in [0.4, 0.5) is 0 Å². The van der Waals surface area contributed by atoms with E-state index in [0.717, 1.165) is 17.8 Å². The summed E-state index contributed by atoms with van der Waals surface area (Å²) >= 11 is 0. The summed E-state index contributed by atoms with van der Waals surface area (Å²) in [4.78, 5) is 5.46. The van der Waals surface area contributed by atoms with Crippen LogP contribution in [0.1, 0.15) is 154 Å². The fraction of sp³-hybridized carbons (Fsp3) is 0.775. The van der Waals surface area contributed by atoms with Gasteiger partial charge in [-0.2, -0.15) is 0 Å². The number of aromatic nitrogens is 1. The Bertz CT molecular complexity index is 1350. The molecule has 5 aliphatic rings. The molecule has 0 aliphatic heterocycles. The first-order valence-electron chi connectivity index (χ1n) is 17.8. The number of nitrogens with zero attached hydrogens (tertiary/aromatic N) is 1. The van der Waals surface area contributed by atoms with Crippen LogP contribution in [0.3, 0.4) is 0 Å². The van der Waals surface area contributed by atoms with Gasteiger partial charge in [-0.15, -0.1) is 0 Å². The maximum absolute atomic E-state index is 5.46. The fourth-order valence-electron chi connectivity index (χ4n) is 13.5. The topological polar surface area (TPSA) is 12.9 Å². The maximum atomic E-state index is 5.46. The molecule has 4 unspecified atom stereocenters. The summed E-state index contributed by atoms with van der Waals surface area (Å²) in [5, 5.41) is 1.44. The molecular formula is C40H59N. The first-order valence-corrected chi connectivity index (χ1v) is 17.8. The van der Waals surface area contributed by atoms with E-state index in [4.69, 9.17) is 4.98 Å². The highest BCUT2D eigenvalue weighted by Crippen LogP contribution is 2.78. The van der Waals surface area contributed by atoms with Crippen LogP contribution in [0, 0.1) is 51.8 Å². The minimum Gasteiger partial charge on any atom is -0.253 e. The summed E-state index contributed by atoms with van der Waals surface area (Å²) in [6.07, 6.45) is 19.3. The van der Waals surface area contributed by atoms with E-state index in [1.807, 2.05) is 0 Å². The minimum atomic E-state index is 0.353. The van der Waals surface area contributed by atoms with Crippen LogP contribution in [0.25, 0.3) is 10.9 Å². The zero-order valence-electron chi connectivity index (χ0n) is 27.9. The van der Waals surface area contributed by atoms with Crippen molar-refractivity contribution >= 4 is 10.9 Å². The molecular weight excluding hydrogens is 494 g/mol. The van der Waals surface area contributed by atoms with Crippen LogP contribution < -0.4 is 0 Å². The number of pyridine rings is 1. The first kappa shape index (κ1) is 28.4. The molecule has 2 aromatic rings. The predicted octanol–water partition coefficient (Wildman–Crippen LogP) is 11.4. The molecule has 8 atom stereocenters. The summed E-state index contributed by atoms with van der Waals surface area (Å²) in [5.74, 6) is 3.31. The Morgan fingerprint density at radius 3 is 2.22 bits per heavy atom. The molecule has 4 saturated carbocycles. The maximum Gasteiger partial charge on any atom is 0.0708 e. The van der Waals surface area contributed by atoms with Crippen molar-refractivity contribution in [1.82, 2.24) is 4.98 Å². The molecule has 1 aromatic heterocycles. The highest BCUT2D eigenvalue weighted by atomic mass is 14.8. The number of benzene rings is 1. The summed E-state index contributed by atoms with van der Waals surface area (Å²) in [7, 11) is 0. The van der Waals surface area contributed by atoms with Gasteiger partial charge in [0.15, 0.2) is 0 Å². The molecule has 1 heterocycles. The molecule has 0 N–H and O–H groups in total. The second-order valence-electron chi connectivity index (χ2n) is 17.6. The van der Waals surface area contributed by atoms with Gasteiger partial charge in [0, 0.05) is 11.1 Å². The van der Waals surface area contributed by atoms with Crippen molar-refractivity contribution in [2.75, 3.05) is 0 Å². The minimum absolute atomic E-state index is 0.353. The third-order valence-electron chi connectivity index (χ3n) is 15.6. The number of rotatable bonds is 4. The summed E-state index contributed by atoms with van der Waals surface area (Å²) in [5.41, 5.74) is 9.77. The van der Waals surface area contributed by atoms with Crippen molar-refractivity contribution in [3.05, 3.63) is 40.6 Å². The molecule has 0 bridgehead atoms. The zero-order valence-corrected chi connectivity index (χ0v) is 27.9. The average Bonchev–Trinajstić information content (AvgIpc) is 3.21. The van der Waals surface area contributed by atoms with E-state index in [1.54, 1.807) is 11.1 Å². The Kier molecular flexibility index (Phi) is 6.45. The van der Waals surface area contributed by atoms with Gasteiger partial charge in [0.25, 0.3) is 0 Å². The number of hydrogen-bond donors (Lipinski definition) is 0. The van der Waals surface area contributed by atoms with Gasteiger partial charge in [-0.1, -0.05) is 73.8 Å². The predicted molar refractivity (Wildman–Crippen MR) is 174 cm³/mol. The molecule has 0 spiro atoms. The van der Waals surface area contributed by atoms with Crippen molar-refractivity contribution in [3.8, 4) is 0 Å². The van der Waals surface area contributed by atoms with Crippen LogP contribution in [0.5, 0.6) is 0 Å². The van der Waals surface area contributed by atoms with E-state index >= 15 is 0 Å². The Balaban J connectivity index is 1.24. The van der Waals surface area contributed by atoms with E-state index in [2.05, 4.69) is 73.6 Å². The lowest BCUT2D eigenvalue weighted by atomic mass is 9.32. The van der Waals surface area contributed by atoms with E-state index < -0.39 is 0 Å². The summed E-state index contributed by atoms with van der Waals surface area (Å²) in [6.45, 7) is 21.1. The van der Waals surface area contributed by atoms with Crippen molar-refractivity contribution in [2.24, 2.45) is 44.8 Å². The summed E-state index contributed by atoms with van der Waals surface area (Å²) in [6, 6.07) is 7.21. The molecule has 41 heavy (non-hydrogen) atoms. The van der Waals surface area contributed by atoms with Gasteiger partial charge in [-0.3, -0.25) is 4.98 Å². The van der Waals surface area contributed by atoms with Gasteiger partial charge < -0.3 is 0 Å². The Hall–Kier alpha value is -1.37. The highest BCUT2D eigenvalue weighted by Gasteiger charge is 2.70. The lowest BCUT2D eigenvalue weighted by Gasteiger charge is -2.73. The molecule has 5 aliphatic carbocycles. The van der Waals surface area contributed by atoms with Crippen LogP contribution in [0.2, 0.25) is 0 Å². The second-order valence-corrected chi connectivity index (χ2v) is 17.6. The van der Waals surface area contributed by atoms with Gasteiger partial charge in [-0.25, -0.2) is 0 Å².